The van der Waals surface area contributed by atoms with Crippen LogP contribution in [0.25, 0.3) is 0 Å². The van der Waals surface area contributed by atoms with E-state index in [1.807, 2.05) is 4.90 Å². The second kappa shape index (κ2) is 7.08. The zero-order valence-electron chi connectivity index (χ0n) is 13.4. The molecule has 0 N–H and O–H groups in total. The highest BCUT2D eigenvalue weighted by atomic mass is 19.4. The molecule has 2 saturated heterocycles. The highest BCUT2D eigenvalue weighted by molar-refractivity contribution is 5.77. The van der Waals surface area contributed by atoms with Crippen LogP contribution in [0.3, 0.4) is 0 Å². The average Bonchev–Trinajstić information content (AvgIpc) is 3.15. The van der Waals surface area contributed by atoms with Crippen molar-refractivity contribution in [2.45, 2.75) is 57.3 Å². The molecule has 134 valence electrons. The minimum absolute atomic E-state index is 0.00789. The summed E-state index contributed by atoms with van der Waals surface area (Å²) in [6.07, 6.45) is 0.839. The van der Waals surface area contributed by atoms with Crippen molar-refractivity contribution in [3.8, 4) is 0 Å². The number of rotatable bonds is 5. The molecule has 0 unspecified atom stereocenters. The van der Waals surface area contributed by atoms with E-state index in [1.165, 1.54) is 0 Å². The molecule has 0 radical (unpaired) electrons. The molecule has 2 fully saturated rings. The lowest BCUT2D eigenvalue weighted by Crippen LogP contribution is -2.41. The molecule has 2 aliphatic rings. The van der Waals surface area contributed by atoms with Gasteiger partial charge in [-0.05, 0) is 32.2 Å². The first kappa shape index (κ1) is 17.2. The van der Waals surface area contributed by atoms with Crippen molar-refractivity contribution in [3.05, 3.63) is 11.7 Å². The summed E-state index contributed by atoms with van der Waals surface area (Å²) in [7, 11) is 0. The van der Waals surface area contributed by atoms with Gasteiger partial charge in [-0.2, -0.15) is 18.2 Å². The number of halogens is 3. The second-order valence-electron chi connectivity index (χ2n) is 6.40. The van der Waals surface area contributed by atoms with E-state index in [4.69, 9.17) is 4.52 Å². The van der Waals surface area contributed by atoms with Gasteiger partial charge in [-0.25, -0.2) is 0 Å². The minimum Gasteiger partial charge on any atom is -0.343 e. The molecule has 1 atom stereocenters. The number of alkyl halides is 3. The summed E-state index contributed by atoms with van der Waals surface area (Å²) >= 11 is 0. The molecule has 1 aromatic rings. The molecule has 9 heteroatoms. The predicted octanol–water partition coefficient (Wildman–Crippen LogP) is 2.46. The minimum atomic E-state index is -4.58. The van der Waals surface area contributed by atoms with E-state index >= 15 is 0 Å². The van der Waals surface area contributed by atoms with E-state index in [1.54, 1.807) is 0 Å². The standard InChI is InChI=1S/C15H21F3N4O2/c16-15(17,18)14-19-12(24-20-14)10-22-7-2-1-4-11(22)6-9-21-8-3-5-13(21)23/h11H,1-10H2/t11-/m0/s1. The molecule has 2 aliphatic heterocycles. The van der Waals surface area contributed by atoms with E-state index < -0.39 is 12.0 Å². The zero-order valence-corrected chi connectivity index (χ0v) is 13.4. The maximum absolute atomic E-state index is 12.6. The molecule has 0 bridgehead atoms. The van der Waals surface area contributed by atoms with Crippen LogP contribution in [0.1, 0.15) is 50.2 Å². The van der Waals surface area contributed by atoms with Gasteiger partial charge in [-0.3, -0.25) is 9.69 Å². The molecule has 3 rings (SSSR count). The fourth-order valence-electron chi connectivity index (χ4n) is 3.45. The third kappa shape index (κ3) is 4.06. The van der Waals surface area contributed by atoms with Crippen LogP contribution in [0.2, 0.25) is 0 Å². The van der Waals surface area contributed by atoms with Gasteiger partial charge in [-0.15, -0.1) is 0 Å². The Hall–Kier alpha value is -1.64. The molecule has 1 amide bonds. The van der Waals surface area contributed by atoms with Gasteiger partial charge >= 0.3 is 6.18 Å². The number of hydrogen-bond acceptors (Lipinski definition) is 5. The molecule has 24 heavy (non-hydrogen) atoms. The zero-order chi connectivity index (χ0) is 17.2. The highest BCUT2D eigenvalue weighted by Crippen LogP contribution is 2.27. The molecule has 3 heterocycles. The van der Waals surface area contributed by atoms with Crippen molar-refractivity contribution in [2.75, 3.05) is 19.6 Å². The van der Waals surface area contributed by atoms with Crippen LogP contribution in [-0.2, 0) is 17.5 Å². The molecular formula is C15H21F3N4O2. The van der Waals surface area contributed by atoms with Gasteiger partial charge in [0.05, 0.1) is 6.54 Å². The summed E-state index contributed by atoms with van der Waals surface area (Å²) in [4.78, 5) is 19.1. The Morgan fingerprint density at radius 3 is 2.71 bits per heavy atom. The molecule has 1 aromatic heterocycles. The van der Waals surface area contributed by atoms with Crippen molar-refractivity contribution in [1.29, 1.82) is 0 Å². The largest absolute Gasteiger partial charge is 0.455 e. The van der Waals surface area contributed by atoms with E-state index in [-0.39, 0.29) is 24.4 Å². The Bertz CT molecular complexity index is 575. The molecule has 0 saturated carbocycles. The molecule has 0 aromatic carbocycles. The van der Waals surface area contributed by atoms with Gasteiger partial charge in [-0.1, -0.05) is 11.6 Å². The van der Waals surface area contributed by atoms with Gasteiger partial charge < -0.3 is 9.42 Å². The van der Waals surface area contributed by atoms with Crippen molar-refractivity contribution in [2.24, 2.45) is 0 Å². The number of aromatic nitrogens is 2. The van der Waals surface area contributed by atoms with Crippen molar-refractivity contribution >= 4 is 5.91 Å². The number of amides is 1. The first-order valence-electron chi connectivity index (χ1n) is 8.35. The first-order chi connectivity index (χ1) is 11.4. The number of carbonyl (C=O) groups is 1. The summed E-state index contributed by atoms with van der Waals surface area (Å²) in [5.41, 5.74) is 0. The van der Waals surface area contributed by atoms with Crippen LogP contribution in [0.4, 0.5) is 13.2 Å². The lowest BCUT2D eigenvalue weighted by atomic mass is 9.99. The second-order valence-corrected chi connectivity index (χ2v) is 6.40. The van der Waals surface area contributed by atoms with Crippen LogP contribution < -0.4 is 0 Å². The number of nitrogens with zero attached hydrogens (tertiary/aromatic N) is 4. The van der Waals surface area contributed by atoms with E-state index in [0.717, 1.165) is 45.2 Å². The Balaban J connectivity index is 1.58. The van der Waals surface area contributed by atoms with Gasteiger partial charge in [0.15, 0.2) is 0 Å². The van der Waals surface area contributed by atoms with Gasteiger partial charge in [0.2, 0.25) is 11.8 Å². The third-order valence-corrected chi connectivity index (χ3v) is 4.71. The Labute approximate surface area is 138 Å². The number of likely N-dealkylation sites (tertiary alicyclic amines) is 2. The van der Waals surface area contributed by atoms with Crippen molar-refractivity contribution < 1.29 is 22.5 Å². The van der Waals surface area contributed by atoms with Crippen LogP contribution in [0, 0.1) is 0 Å². The number of carbonyl (C=O) groups excluding carboxylic acids is 1. The Morgan fingerprint density at radius 1 is 1.21 bits per heavy atom. The summed E-state index contributed by atoms with van der Waals surface area (Å²) in [6.45, 7) is 2.53. The highest BCUT2D eigenvalue weighted by Gasteiger charge is 2.37. The van der Waals surface area contributed by atoms with Crippen molar-refractivity contribution in [3.63, 3.8) is 0 Å². The first-order valence-corrected chi connectivity index (χ1v) is 8.35. The van der Waals surface area contributed by atoms with Crippen molar-refractivity contribution in [1.82, 2.24) is 19.9 Å². The van der Waals surface area contributed by atoms with Gasteiger partial charge in [0, 0.05) is 25.6 Å². The average molecular weight is 346 g/mol. The van der Waals surface area contributed by atoms with E-state index in [9.17, 15) is 18.0 Å². The summed E-state index contributed by atoms with van der Waals surface area (Å²) in [5, 5.41) is 3.01. The maximum Gasteiger partial charge on any atom is 0.455 e. The Morgan fingerprint density at radius 2 is 2.04 bits per heavy atom. The number of piperidine rings is 1. The predicted molar refractivity (Wildman–Crippen MR) is 77.8 cm³/mol. The van der Waals surface area contributed by atoms with Crippen LogP contribution in [-0.4, -0.2) is 51.5 Å². The summed E-state index contributed by atoms with van der Waals surface area (Å²) in [6, 6.07) is 0.230. The third-order valence-electron chi connectivity index (χ3n) is 4.71. The number of hydrogen-bond donors (Lipinski definition) is 0. The van der Waals surface area contributed by atoms with Crippen LogP contribution >= 0.6 is 0 Å². The Kier molecular flexibility index (Phi) is 5.07. The molecule has 0 spiro atoms. The lowest BCUT2D eigenvalue weighted by Gasteiger charge is -2.35. The molecule has 6 nitrogen and oxygen atoms in total. The topological polar surface area (TPSA) is 62.5 Å². The van der Waals surface area contributed by atoms with Gasteiger partial charge in [0.25, 0.3) is 5.82 Å². The van der Waals surface area contributed by atoms with Crippen LogP contribution in [0.15, 0.2) is 4.52 Å². The fraction of sp³-hybridized carbons (Fsp3) is 0.800. The maximum atomic E-state index is 12.6. The monoisotopic (exact) mass is 346 g/mol. The summed E-state index contributed by atoms with van der Waals surface area (Å²) < 4.78 is 42.4. The van der Waals surface area contributed by atoms with E-state index in [0.29, 0.717) is 13.0 Å². The smallest absolute Gasteiger partial charge is 0.343 e. The van der Waals surface area contributed by atoms with Crippen LogP contribution in [0.5, 0.6) is 0 Å². The van der Waals surface area contributed by atoms with Gasteiger partial charge in [0.1, 0.15) is 0 Å². The van der Waals surface area contributed by atoms with E-state index in [2.05, 4.69) is 15.0 Å². The lowest BCUT2D eigenvalue weighted by molar-refractivity contribution is -0.146. The quantitative estimate of drug-likeness (QED) is 0.820. The fourth-order valence-corrected chi connectivity index (χ4v) is 3.45. The summed E-state index contributed by atoms with van der Waals surface area (Å²) in [5.74, 6) is -1.04. The SMILES string of the molecule is O=C1CCCN1CC[C@@H]1CCCCN1Cc1nc(C(F)(F)F)no1. The normalized spacial score (nSPS) is 23.2. The molecule has 0 aliphatic carbocycles. The molecular weight excluding hydrogens is 325 g/mol.